The van der Waals surface area contributed by atoms with E-state index in [9.17, 15) is 9.59 Å². The summed E-state index contributed by atoms with van der Waals surface area (Å²) in [7, 11) is 0. The highest BCUT2D eigenvalue weighted by molar-refractivity contribution is 5.88. The van der Waals surface area contributed by atoms with Crippen molar-refractivity contribution >= 4 is 11.8 Å². The average molecular weight is 407 g/mol. The number of aryl methyl sites for hydroxylation is 1. The van der Waals surface area contributed by atoms with Gasteiger partial charge in [-0.25, -0.2) is 0 Å². The Hall–Kier alpha value is -2.62. The average Bonchev–Trinajstić information content (AvgIpc) is 2.77. The van der Waals surface area contributed by atoms with Gasteiger partial charge in [-0.1, -0.05) is 73.9 Å². The molecule has 160 valence electrons. The fourth-order valence-corrected chi connectivity index (χ4v) is 4.21. The molecule has 0 unspecified atom stereocenters. The van der Waals surface area contributed by atoms with Crippen molar-refractivity contribution in [1.29, 1.82) is 0 Å². The third-order valence-corrected chi connectivity index (χ3v) is 6.21. The zero-order chi connectivity index (χ0) is 21.3. The van der Waals surface area contributed by atoms with Gasteiger partial charge in [-0.3, -0.25) is 9.59 Å². The zero-order valence-corrected chi connectivity index (χ0v) is 18.3. The molecule has 0 spiro atoms. The molecule has 2 amide bonds. The molecule has 1 N–H and O–H groups in total. The van der Waals surface area contributed by atoms with Crippen LogP contribution < -0.4 is 5.32 Å². The molecule has 0 aliphatic heterocycles. The van der Waals surface area contributed by atoms with Gasteiger partial charge < -0.3 is 10.2 Å². The summed E-state index contributed by atoms with van der Waals surface area (Å²) in [5, 5.41) is 3.19. The molecule has 4 heteroatoms. The summed E-state index contributed by atoms with van der Waals surface area (Å²) in [6.45, 7) is 4.42. The summed E-state index contributed by atoms with van der Waals surface area (Å²) < 4.78 is 0. The molecule has 0 radical (unpaired) electrons. The summed E-state index contributed by atoms with van der Waals surface area (Å²) in [6.07, 6.45) is 6.73. The fraction of sp³-hybridized carbons (Fsp3) is 0.462. The van der Waals surface area contributed by atoms with Crippen LogP contribution in [0.5, 0.6) is 0 Å². The molecule has 1 aliphatic carbocycles. The largest absolute Gasteiger partial charge is 0.352 e. The van der Waals surface area contributed by atoms with Gasteiger partial charge in [0.1, 0.15) is 6.04 Å². The van der Waals surface area contributed by atoms with Crippen LogP contribution in [-0.4, -0.2) is 35.3 Å². The standard InChI is InChI=1S/C26H34N2O2/c1-20-11-9-10-14-23(20)19-25(29)28(18-17-22-12-5-3-6-13-22)21(2)26(30)27-24-15-7-4-8-16-24/h3,5-6,9-14,21,24H,4,7-8,15-19H2,1-2H3,(H,27,30)/t21-/m0/s1. The number of amides is 2. The number of carbonyl (C=O) groups is 2. The number of nitrogens with one attached hydrogen (secondary N) is 1. The maximum absolute atomic E-state index is 13.3. The van der Waals surface area contributed by atoms with Gasteiger partial charge in [0, 0.05) is 12.6 Å². The van der Waals surface area contributed by atoms with Gasteiger partial charge >= 0.3 is 0 Å². The first-order valence-corrected chi connectivity index (χ1v) is 11.2. The molecule has 2 aromatic carbocycles. The first-order chi connectivity index (χ1) is 14.5. The summed E-state index contributed by atoms with van der Waals surface area (Å²) in [5.74, 6) is -0.0281. The summed E-state index contributed by atoms with van der Waals surface area (Å²) >= 11 is 0. The molecular formula is C26H34N2O2. The lowest BCUT2D eigenvalue weighted by molar-refractivity contribution is -0.139. The summed E-state index contributed by atoms with van der Waals surface area (Å²) in [4.78, 5) is 28.0. The molecule has 3 rings (SSSR count). The first kappa shape index (κ1) is 22.1. The van der Waals surface area contributed by atoms with E-state index in [2.05, 4.69) is 17.4 Å². The third kappa shape index (κ3) is 6.19. The smallest absolute Gasteiger partial charge is 0.242 e. The van der Waals surface area contributed by atoms with E-state index in [0.29, 0.717) is 13.0 Å². The van der Waals surface area contributed by atoms with Gasteiger partial charge in [-0.2, -0.15) is 0 Å². The number of benzene rings is 2. The molecule has 1 atom stereocenters. The van der Waals surface area contributed by atoms with E-state index in [1.54, 1.807) is 4.90 Å². The Morgan fingerprint density at radius 2 is 1.67 bits per heavy atom. The zero-order valence-electron chi connectivity index (χ0n) is 18.3. The first-order valence-electron chi connectivity index (χ1n) is 11.2. The van der Waals surface area contributed by atoms with Crippen LogP contribution in [0.15, 0.2) is 54.6 Å². The molecule has 0 bridgehead atoms. The van der Waals surface area contributed by atoms with Gasteiger partial charge in [0.05, 0.1) is 6.42 Å². The summed E-state index contributed by atoms with van der Waals surface area (Å²) in [6, 6.07) is 17.9. The van der Waals surface area contributed by atoms with Gasteiger partial charge in [-0.05, 0) is 49.8 Å². The van der Waals surface area contributed by atoms with E-state index in [0.717, 1.165) is 30.4 Å². The summed E-state index contributed by atoms with van der Waals surface area (Å²) in [5.41, 5.74) is 3.30. The Balaban J connectivity index is 1.70. The van der Waals surface area contributed by atoms with Gasteiger partial charge in [0.15, 0.2) is 0 Å². The van der Waals surface area contributed by atoms with Crippen molar-refractivity contribution in [2.75, 3.05) is 6.54 Å². The van der Waals surface area contributed by atoms with E-state index in [1.165, 1.54) is 24.8 Å². The monoisotopic (exact) mass is 406 g/mol. The Kier molecular flexibility index (Phi) is 8.06. The second-order valence-corrected chi connectivity index (χ2v) is 8.45. The number of rotatable bonds is 8. The number of hydrogen-bond acceptors (Lipinski definition) is 2. The third-order valence-electron chi connectivity index (χ3n) is 6.21. The van der Waals surface area contributed by atoms with Crippen LogP contribution in [-0.2, 0) is 22.4 Å². The lowest BCUT2D eigenvalue weighted by Gasteiger charge is -2.31. The van der Waals surface area contributed by atoms with E-state index >= 15 is 0 Å². The maximum Gasteiger partial charge on any atom is 0.242 e. The van der Waals surface area contributed by atoms with Crippen molar-refractivity contribution in [1.82, 2.24) is 10.2 Å². The van der Waals surface area contributed by atoms with Gasteiger partial charge in [0.25, 0.3) is 0 Å². The van der Waals surface area contributed by atoms with E-state index in [1.807, 2.05) is 56.3 Å². The fourth-order valence-electron chi connectivity index (χ4n) is 4.21. The Bertz CT molecular complexity index is 828. The van der Waals surface area contributed by atoms with Gasteiger partial charge in [-0.15, -0.1) is 0 Å². The van der Waals surface area contributed by atoms with Crippen LogP contribution in [0.1, 0.15) is 55.7 Å². The molecule has 0 heterocycles. The molecular weight excluding hydrogens is 372 g/mol. The SMILES string of the molecule is Cc1ccccc1CC(=O)N(CCc1ccccc1)[C@@H](C)C(=O)NC1CCCCC1. The van der Waals surface area contributed by atoms with Gasteiger partial charge in [0.2, 0.25) is 11.8 Å². The lowest BCUT2D eigenvalue weighted by Crippen LogP contribution is -2.51. The van der Waals surface area contributed by atoms with Crippen molar-refractivity contribution < 1.29 is 9.59 Å². The van der Waals surface area contributed by atoms with Crippen LogP contribution >= 0.6 is 0 Å². The van der Waals surface area contributed by atoms with Crippen molar-refractivity contribution in [3.63, 3.8) is 0 Å². The van der Waals surface area contributed by atoms with Crippen molar-refractivity contribution in [3.05, 3.63) is 71.3 Å². The highest BCUT2D eigenvalue weighted by Gasteiger charge is 2.28. The highest BCUT2D eigenvalue weighted by atomic mass is 16.2. The lowest BCUT2D eigenvalue weighted by atomic mass is 9.95. The van der Waals surface area contributed by atoms with E-state index < -0.39 is 6.04 Å². The molecule has 1 fully saturated rings. The van der Waals surface area contributed by atoms with E-state index in [-0.39, 0.29) is 17.9 Å². The van der Waals surface area contributed by atoms with Crippen molar-refractivity contribution in [2.24, 2.45) is 0 Å². The minimum Gasteiger partial charge on any atom is -0.352 e. The quantitative estimate of drug-likeness (QED) is 0.704. The van der Waals surface area contributed by atoms with Crippen LogP contribution in [0, 0.1) is 6.92 Å². The molecule has 30 heavy (non-hydrogen) atoms. The minimum atomic E-state index is -0.479. The minimum absolute atomic E-state index is 0.00604. The predicted octanol–water partition coefficient (Wildman–Crippen LogP) is 4.45. The number of carbonyl (C=O) groups excluding carboxylic acids is 2. The topological polar surface area (TPSA) is 49.4 Å². The predicted molar refractivity (Wildman–Crippen MR) is 121 cm³/mol. The maximum atomic E-state index is 13.3. The normalized spacial score (nSPS) is 15.4. The van der Waals surface area contributed by atoms with Crippen LogP contribution in [0.2, 0.25) is 0 Å². The Labute approximate surface area is 180 Å². The Morgan fingerprint density at radius 1 is 1.00 bits per heavy atom. The van der Waals surface area contributed by atoms with Crippen LogP contribution in [0.4, 0.5) is 0 Å². The second kappa shape index (κ2) is 11.0. The number of hydrogen-bond donors (Lipinski definition) is 1. The molecule has 1 saturated carbocycles. The molecule has 4 nitrogen and oxygen atoms in total. The van der Waals surface area contributed by atoms with Crippen LogP contribution in [0.25, 0.3) is 0 Å². The van der Waals surface area contributed by atoms with E-state index in [4.69, 9.17) is 0 Å². The number of nitrogens with zero attached hydrogens (tertiary/aromatic N) is 1. The molecule has 2 aromatic rings. The van der Waals surface area contributed by atoms with Crippen LogP contribution in [0.3, 0.4) is 0 Å². The Morgan fingerprint density at radius 3 is 2.37 bits per heavy atom. The second-order valence-electron chi connectivity index (χ2n) is 8.45. The molecule has 0 aromatic heterocycles. The molecule has 0 saturated heterocycles. The van der Waals surface area contributed by atoms with Crippen molar-refractivity contribution in [2.45, 2.75) is 70.9 Å². The van der Waals surface area contributed by atoms with Crippen molar-refractivity contribution in [3.8, 4) is 0 Å². The highest BCUT2D eigenvalue weighted by Crippen LogP contribution is 2.18. The molecule has 1 aliphatic rings.